The van der Waals surface area contributed by atoms with Crippen LogP contribution in [0.4, 0.5) is 14.5 Å². The molecule has 0 amide bonds. The molecule has 3 aromatic rings. The second-order valence-corrected chi connectivity index (χ2v) is 7.90. The van der Waals surface area contributed by atoms with Crippen LogP contribution in [0.25, 0.3) is 10.9 Å². The number of aromatic nitrogens is 1. The van der Waals surface area contributed by atoms with Gasteiger partial charge in [-0.15, -0.1) is 0 Å². The highest BCUT2D eigenvalue weighted by Gasteiger charge is 2.26. The zero-order valence-electron chi connectivity index (χ0n) is 15.4. The first-order valence-corrected chi connectivity index (χ1v) is 9.89. The average Bonchev–Trinajstić information content (AvgIpc) is 2.65. The Morgan fingerprint density at radius 2 is 1.71 bits per heavy atom. The maximum atomic E-state index is 13.8. The minimum atomic E-state index is -0.563. The molecule has 1 aliphatic rings. The Morgan fingerprint density at radius 1 is 1.00 bits per heavy atom. The molecule has 28 heavy (non-hydrogen) atoms. The average molecular weight is 402 g/mol. The molecular weight excluding hydrogens is 380 g/mol. The number of rotatable bonds is 4. The molecule has 1 heterocycles. The van der Waals surface area contributed by atoms with Gasteiger partial charge in [-0.2, -0.15) is 0 Å². The van der Waals surface area contributed by atoms with E-state index in [2.05, 4.69) is 9.88 Å². The van der Waals surface area contributed by atoms with Gasteiger partial charge in [-0.25, -0.2) is 8.78 Å². The number of fused-ring (bicyclic) bond motifs is 1. The lowest BCUT2D eigenvalue weighted by atomic mass is 9.90. The fourth-order valence-corrected chi connectivity index (χ4v) is 4.25. The van der Waals surface area contributed by atoms with Crippen LogP contribution in [0.15, 0.2) is 48.7 Å². The van der Waals surface area contributed by atoms with Gasteiger partial charge in [0.05, 0.1) is 5.52 Å². The van der Waals surface area contributed by atoms with Crippen molar-refractivity contribution in [3.63, 3.8) is 0 Å². The van der Waals surface area contributed by atoms with Crippen molar-refractivity contribution in [1.82, 2.24) is 4.98 Å². The quantitative estimate of drug-likeness (QED) is 0.632. The number of hydrogen-bond acceptors (Lipinski definition) is 3. The number of nitrogens with two attached hydrogens (primary N) is 1. The summed E-state index contributed by atoms with van der Waals surface area (Å²) in [5.74, 6) is -1.13. The molecule has 1 aliphatic carbocycles. The van der Waals surface area contributed by atoms with Crippen molar-refractivity contribution in [2.75, 3.05) is 4.90 Å². The molecule has 0 aliphatic heterocycles. The molecule has 0 radical (unpaired) electrons. The molecule has 0 bridgehead atoms. The van der Waals surface area contributed by atoms with Gasteiger partial charge < -0.3 is 10.6 Å². The third-order valence-electron chi connectivity index (χ3n) is 5.45. The minimum absolute atomic E-state index is 0.220. The second-order valence-electron chi connectivity index (χ2n) is 7.47. The maximum absolute atomic E-state index is 13.8. The van der Waals surface area contributed by atoms with Crippen molar-refractivity contribution in [2.45, 2.75) is 44.3 Å². The van der Waals surface area contributed by atoms with Gasteiger partial charge in [0.15, 0.2) is 0 Å². The Labute approximate surface area is 168 Å². The SMILES string of the molecule is NC1CCC(N(Cc2cc(F)cc(F)c2)c2ccnc3cc(Cl)ccc23)CC1. The summed E-state index contributed by atoms with van der Waals surface area (Å²) in [6, 6.07) is 11.7. The van der Waals surface area contributed by atoms with E-state index >= 15 is 0 Å². The van der Waals surface area contributed by atoms with Gasteiger partial charge in [-0.3, -0.25) is 4.98 Å². The minimum Gasteiger partial charge on any atom is -0.364 e. The molecule has 146 valence electrons. The van der Waals surface area contributed by atoms with Gasteiger partial charge in [0.1, 0.15) is 11.6 Å². The van der Waals surface area contributed by atoms with E-state index in [0.29, 0.717) is 17.1 Å². The number of halogens is 3. The first-order valence-electron chi connectivity index (χ1n) is 9.51. The van der Waals surface area contributed by atoms with Crippen molar-refractivity contribution >= 4 is 28.2 Å². The maximum Gasteiger partial charge on any atom is 0.126 e. The van der Waals surface area contributed by atoms with Crippen LogP contribution in [0, 0.1) is 11.6 Å². The highest BCUT2D eigenvalue weighted by atomic mass is 35.5. The van der Waals surface area contributed by atoms with E-state index in [1.54, 1.807) is 6.20 Å². The summed E-state index contributed by atoms with van der Waals surface area (Å²) in [5, 5.41) is 1.60. The van der Waals surface area contributed by atoms with Crippen molar-refractivity contribution in [1.29, 1.82) is 0 Å². The van der Waals surface area contributed by atoms with E-state index in [1.165, 1.54) is 12.1 Å². The Hall–Kier alpha value is -2.24. The zero-order chi connectivity index (χ0) is 19.7. The highest BCUT2D eigenvalue weighted by molar-refractivity contribution is 6.31. The largest absolute Gasteiger partial charge is 0.364 e. The molecule has 0 atom stereocenters. The van der Waals surface area contributed by atoms with Gasteiger partial charge in [-0.05, 0) is 67.6 Å². The lowest BCUT2D eigenvalue weighted by Gasteiger charge is -2.38. The zero-order valence-corrected chi connectivity index (χ0v) is 16.2. The Kier molecular flexibility index (Phi) is 5.47. The molecule has 0 unspecified atom stereocenters. The van der Waals surface area contributed by atoms with Crippen LogP contribution in [0.5, 0.6) is 0 Å². The van der Waals surface area contributed by atoms with Crippen molar-refractivity contribution in [3.05, 3.63) is 70.9 Å². The van der Waals surface area contributed by atoms with Crippen LogP contribution >= 0.6 is 11.6 Å². The molecule has 0 spiro atoms. The topological polar surface area (TPSA) is 42.1 Å². The summed E-state index contributed by atoms with van der Waals surface area (Å²) in [6.45, 7) is 0.413. The fraction of sp³-hybridized carbons (Fsp3) is 0.318. The summed E-state index contributed by atoms with van der Waals surface area (Å²) >= 11 is 6.13. The first kappa shape index (κ1) is 19.1. The molecule has 0 saturated heterocycles. The molecule has 2 aromatic carbocycles. The third-order valence-corrected chi connectivity index (χ3v) is 5.68. The lowest BCUT2D eigenvalue weighted by Crippen LogP contribution is -2.40. The standard InChI is InChI=1S/C22H22ClF2N3/c23-15-1-6-20-21(11-15)27-8-7-22(20)28(19-4-2-18(26)3-5-19)13-14-9-16(24)12-17(25)10-14/h1,6-12,18-19H,2-5,13,26H2. The summed E-state index contributed by atoms with van der Waals surface area (Å²) in [6.07, 6.45) is 5.51. The molecule has 1 saturated carbocycles. The van der Waals surface area contributed by atoms with Crippen LogP contribution < -0.4 is 10.6 Å². The number of benzene rings is 2. The van der Waals surface area contributed by atoms with Gasteiger partial charge in [0.2, 0.25) is 0 Å². The Morgan fingerprint density at radius 3 is 2.43 bits per heavy atom. The normalized spacial score (nSPS) is 19.7. The first-order chi connectivity index (χ1) is 13.5. The molecule has 2 N–H and O–H groups in total. The van der Waals surface area contributed by atoms with E-state index in [1.807, 2.05) is 24.3 Å². The highest BCUT2D eigenvalue weighted by Crippen LogP contribution is 2.34. The van der Waals surface area contributed by atoms with E-state index in [0.717, 1.165) is 48.3 Å². The van der Waals surface area contributed by atoms with E-state index in [9.17, 15) is 8.78 Å². The summed E-state index contributed by atoms with van der Waals surface area (Å²) in [5.41, 5.74) is 8.49. The number of pyridine rings is 1. The van der Waals surface area contributed by atoms with E-state index in [-0.39, 0.29) is 12.1 Å². The smallest absolute Gasteiger partial charge is 0.126 e. The molecule has 4 rings (SSSR count). The number of anilines is 1. The Balaban J connectivity index is 1.77. The summed E-state index contributed by atoms with van der Waals surface area (Å²) in [4.78, 5) is 6.66. The monoisotopic (exact) mass is 401 g/mol. The van der Waals surface area contributed by atoms with Gasteiger partial charge in [0.25, 0.3) is 0 Å². The van der Waals surface area contributed by atoms with Gasteiger partial charge >= 0.3 is 0 Å². The van der Waals surface area contributed by atoms with E-state index < -0.39 is 11.6 Å². The molecule has 6 heteroatoms. The molecule has 1 aromatic heterocycles. The predicted molar refractivity (Wildman–Crippen MR) is 110 cm³/mol. The summed E-state index contributed by atoms with van der Waals surface area (Å²) < 4.78 is 27.5. The second kappa shape index (κ2) is 8.02. The number of hydrogen-bond donors (Lipinski definition) is 1. The van der Waals surface area contributed by atoms with Crippen LogP contribution in [0.2, 0.25) is 5.02 Å². The third kappa shape index (κ3) is 4.10. The summed E-state index contributed by atoms with van der Waals surface area (Å²) in [7, 11) is 0. The fourth-order valence-electron chi connectivity index (χ4n) is 4.08. The van der Waals surface area contributed by atoms with E-state index in [4.69, 9.17) is 17.3 Å². The Bertz CT molecular complexity index is 966. The van der Waals surface area contributed by atoms with Crippen molar-refractivity contribution < 1.29 is 8.78 Å². The lowest BCUT2D eigenvalue weighted by molar-refractivity contribution is 0.374. The van der Waals surface area contributed by atoms with Crippen molar-refractivity contribution in [2.24, 2.45) is 5.73 Å². The molecule has 3 nitrogen and oxygen atoms in total. The van der Waals surface area contributed by atoms with Crippen LogP contribution in [-0.4, -0.2) is 17.1 Å². The number of nitrogens with zero attached hydrogens (tertiary/aromatic N) is 2. The van der Waals surface area contributed by atoms with Gasteiger partial charge in [-0.1, -0.05) is 11.6 Å². The van der Waals surface area contributed by atoms with Crippen molar-refractivity contribution in [3.8, 4) is 0 Å². The van der Waals surface area contributed by atoms with Gasteiger partial charge in [0, 0.05) is 47.0 Å². The predicted octanol–water partition coefficient (Wildman–Crippen LogP) is 5.44. The van der Waals surface area contributed by atoms with Crippen LogP contribution in [-0.2, 0) is 6.54 Å². The molecular formula is C22H22ClF2N3. The van der Waals surface area contributed by atoms with Crippen LogP contribution in [0.1, 0.15) is 31.2 Å². The molecule has 1 fully saturated rings. The van der Waals surface area contributed by atoms with Crippen LogP contribution in [0.3, 0.4) is 0 Å².